The maximum Gasteiger partial charge on any atom is 0.326 e. The van der Waals surface area contributed by atoms with E-state index in [1.54, 1.807) is 4.90 Å². The molecule has 2 atom stereocenters. The van der Waals surface area contributed by atoms with Gasteiger partial charge in [0.25, 0.3) is 0 Å². The van der Waals surface area contributed by atoms with Gasteiger partial charge < -0.3 is 15.3 Å². The van der Waals surface area contributed by atoms with E-state index < -0.39 is 12.0 Å². The van der Waals surface area contributed by atoms with Crippen molar-refractivity contribution >= 4 is 12.0 Å². The zero-order chi connectivity index (χ0) is 14.6. The van der Waals surface area contributed by atoms with Crippen LogP contribution in [0, 0.1) is 11.8 Å². The van der Waals surface area contributed by atoms with Crippen molar-refractivity contribution in [1.29, 1.82) is 0 Å². The summed E-state index contributed by atoms with van der Waals surface area (Å²) < 4.78 is 0. The zero-order valence-corrected chi connectivity index (χ0v) is 12.3. The van der Waals surface area contributed by atoms with Crippen LogP contribution in [0.15, 0.2) is 0 Å². The lowest BCUT2D eigenvalue weighted by molar-refractivity contribution is -0.139. The highest BCUT2D eigenvalue weighted by atomic mass is 16.4. The van der Waals surface area contributed by atoms with Gasteiger partial charge in [0, 0.05) is 12.6 Å². The second-order valence-electron chi connectivity index (χ2n) is 6.12. The van der Waals surface area contributed by atoms with Crippen LogP contribution in [0.5, 0.6) is 0 Å². The Bertz CT molecular complexity index is 329. The first kappa shape index (κ1) is 15.8. The summed E-state index contributed by atoms with van der Waals surface area (Å²) in [5.41, 5.74) is 0. The summed E-state index contributed by atoms with van der Waals surface area (Å²) in [5, 5.41) is 11.8. The average molecular weight is 270 g/mol. The lowest BCUT2D eigenvalue weighted by atomic mass is 10.0. The molecule has 0 aromatic rings. The van der Waals surface area contributed by atoms with E-state index in [1.165, 1.54) is 0 Å². The van der Waals surface area contributed by atoms with Crippen molar-refractivity contribution in [2.45, 2.75) is 59.0 Å². The van der Waals surface area contributed by atoms with Crippen molar-refractivity contribution in [3.05, 3.63) is 0 Å². The monoisotopic (exact) mass is 270 g/mol. The van der Waals surface area contributed by atoms with Gasteiger partial charge in [0.05, 0.1) is 0 Å². The highest BCUT2D eigenvalue weighted by Gasteiger charge is 2.32. The van der Waals surface area contributed by atoms with Crippen molar-refractivity contribution < 1.29 is 14.7 Å². The molecule has 1 fully saturated rings. The third-order valence-corrected chi connectivity index (χ3v) is 3.63. The number of aliphatic carboxylic acids is 1. The maximum absolute atomic E-state index is 12.2. The second-order valence-corrected chi connectivity index (χ2v) is 6.12. The second kappa shape index (κ2) is 6.78. The normalized spacial score (nSPS) is 20.9. The molecule has 1 heterocycles. The fourth-order valence-corrected chi connectivity index (χ4v) is 2.66. The SMILES string of the molecule is CC(C)CC(NC(=O)N1CCCC1C(C)C)C(=O)O. The van der Waals surface area contributed by atoms with Gasteiger partial charge in [-0.1, -0.05) is 27.7 Å². The Morgan fingerprint density at radius 1 is 1.32 bits per heavy atom. The van der Waals surface area contributed by atoms with E-state index in [0.29, 0.717) is 12.3 Å². The fraction of sp³-hybridized carbons (Fsp3) is 0.857. The first-order valence-electron chi connectivity index (χ1n) is 7.12. The van der Waals surface area contributed by atoms with E-state index in [-0.39, 0.29) is 18.0 Å². The van der Waals surface area contributed by atoms with Crippen molar-refractivity contribution in [3.8, 4) is 0 Å². The molecule has 5 nitrogen and oxygen atoms in total. The highest BCUT2D eigenvalue weighted by Crippen LogP contribution is 2.23. The molecule has 0 aromatic heterocycles. The van der Waals surface area contributed by atoms with Crippen LogP contribution in [0.1, 0.15) is 47.0 Å². The summed E-state index contributed by atoms with van der Waals surface area (Å²) in [7, 11) is 0. The average Bonchev–Trinajstić information content (AvgIpc) is 2.76. The van der Waals surface area contributed by atoms with Gasteiger partial charge in [0.2, 0.25) is 0 Å². The Kier molecular flexibility index (Phi) is 5.63. The summed E-state index contributed by atoms with van der Waals surface area (Å²) in [6, 6.07) is -0.793. The molecule has 1 rings (SSSR count). The first-order valence-corrected chi connectivity index (χ1v) is 7.12. The Morgan fingerprint density at radius 3 is 2.42 bits per heavy atom. The lowest BCUT2D eigenvalue weighted by Gasteiger charge is -2.29. The van der Waals surface area contributed by atoms with Crippen LogP contribution in [-0.4, -0.2) is 40.6 Å². The fourth-order valence-electron chi connectivity index (χ4n) is 2.66. The number of carboxylic acids is 1. The highest BCUT2D eigenvalue weighted by molar-refractivity contribution is 5.82. The van der Waals surface area contributed by atoms with Crippen molar-refractivity contribution in [3.63, 3.8) is 0 Å². The minimum absolute atomic E-state index is 0.230. The molecule has 0 aromatic carbocycles. The van der Waals surface area contributed by atoms with E-state index in [1.807, 2.05) is 13.8 Å². The molecule has 1 saturated heterocycles. The smallest absolute Gasteiger partial charge is 0.326 e. The predicted molar refractivity (Wildman–Crippen MR) is 74.0 cm³/mol. The Morgan fingerprint density at radius 2 is 1.95 bits per heavy atom. The van der Waals surface area contributed by atoms with Crippen LogP contribution in [0.2, 0.25) is 0 Å². The van der Waals surface area contributed by atoms with Gasteiger partial charge in [-0.15, -0.1) is 0 Å². The molecule has 0 aliphatic carbocycles. The number of carbonyl (C=O) groups is 2. The van der Waals surface area contributed by atoms with Crippen LogP contribution < -0.4 is 5.32 Å². The largest absolute Gasteiger partial charge is 0.480 e. The predicted octanol–water partition coefficient (Wildman–Crippen LogP) is 2.32. The van der Waals surface area contributed by atoms with E-state index in [0.717, 1.165) is 19.4 Å². The lowest BCUT2D eigenvalue weighted by Crippen LogP contribution is -2.50. The van der Waals surface area contributed by atoms with Gasteiger partial charge in [-0.3, -0.25) is 0 Å². The summed E-state index contributed by atoms with van der Waals surface area (Å²) in [5.74, 6) is -0.315. The molecule has 0 bridgehead atoms. The molecule has 1 aliphatic rings. The third-order valence-electron chi connectivity index (χ3n) is 3.63. The quantitative estimate of drug-likeness (QED) is 0.805. The molecule has 2 amide bonds. The van der Waals surface area contributed by atoms with E-state index in [4.69, 9.17) is 5.11 Å². The Hall–Kier alpha value is -1.26. The van der Waals surface area contributed by atoms with Crippen molar-refractivity contribution in [1.82, 2.24) is 10.2 Å². The standard InChI is InChI=1S/C14H26N2O3/c1-9(2)8-11(13(17)18)15-14(19)16-7-5-6-12(16)10(3)4/h9-12H,5-8H2,1-4H3,(H,15,19)(H,17,18). The number of nitrogens with zero attached hydrogens (tertiary/aromatic N) is 1. The van der Waals surface area contributed by atoms with Crippen LogP contribution in [0.25, 0.3) is 0 Å². The van der Waals surface area contributed by atoms with Crippen LogP contribution in [0.4, 0.5) is 4.79 Å². The molecule has 5 heteroatoms. The van der Waals surface area contributed by atoms with Gasteiger partial charge in [-0.2, -0.15) is 0 Å². The molecular formula is C14H26N2O3. The molecule has 0 spiro atoms. The van der Waals surface area contributed by atoms with Gasteiger partial charge >= 0.3 is 12.0 Å². The third kappa shape index (κ3) is 4.40. The topological polar surface area (TPSA) is 69.6 Å². The minimum Gasteiger partial charge on any atom is -0.480 e. The van der Waals surface area contributed by atoms with E-state index in [9.17, 15) is 9.59 Å². The number of hydrogen-bond donors (Lipinski definition) is 2. The van der Waals surface area contributed by atoms with Crippen LogP contribution >= 0.6 is 0 Å². The van der Waals surface area contributed by atoms with Crippen LogP contribution in [-0.2, 0) is 4.79 Å². The number of hydrogen-bond acceptors (Lipinski definition) is 2. The zero-order valence-electron chi connectivity index (χ0n) is 12.3. The number of carboxylic acid groups (broad SMARTS) is 1. The van der Waals surface area contributed by atoms with Gasteiger partial charge in [0.15, 0.2) is 0 Å². The number of urea groups is 1. The number of rotatable bonds is 5. The van der Waals surface area contributed by atoms with Crippen molar-refractivity contribution in [2.75, 3.05) is 6.54 Å². The Labute approximate surface area is 115 Å². The molecule has 1 aliphatic heterocycles. The van der Waals surface area contributed by atoms with Gasteiger partial charge in [-0.25, -0.2) is 9.59 Å². The van der Waals surface area contributed by atoms with Crippen molar-refractivity contribution in [2.24, 2.45) is 11.8 Å². The number of carbonyl (C=O) groups excluding carboxylic acids is 1. The van der Waals surface area contributed by atoms with E-state index >= 15 is 0 Å². The maximum atomic E-state index is 12.2. The summed E-state index contributed by atoms with van der Waals surface area (Å²) >= 11 is 0. The molecular weight excluding hydrogens is 244 g/mol. The minimum atomic E-state index is -0.956. The number of likely N-dealkylation sites (tertiary alicyclic amines) is 1. The summed E-state index contributed by atoms with van der Waals surface area (Å²) in [6.07, 6.45) is 2.46. The molecule has 2 N–H and O–H groups in total. The van der Waals surface area contributed by atoms with E-state index in [2.05, 4.69) is 19.2 Å². The first-order chi connectivity index (χ1) is 8.82. The van der Waals surface area contributed by atoms with Crippen LogP contribution in [0.3, 0.4) is 0 Å². The molecule has 110 valence electrons. The number of amides is 2. The number of nitrogens with one attached hydrogen (secondary N) is 1. The Balaban J connectivity index is 2.63. The van der Waals surface area contributed by atoms with Gasteiger partial charge in [-0.05, 0) is 31.1 Å². The summed E-state index contributed by atoms with van der Waals surface area (Å²) in [6.45, 7) is 8.82. The van der Waals surface area contributed by atoms with Gasteiger partial charge in [0.1, 0.15) is 6.04 Å². The molecule has 19 heavy (non-hydrogen) atoms. The molecule has 2 unspecified atom stereocenters. The molecule has 0 radical (unpaired) electrons. The molecule has 0 saturated carbocycles. The summed E-state index contributed by atoms with van der Waals surface area (Å²) in [4.78, 5) is 25.2.